The first kappa shape index (κ1) is 15.5. The summed E-state index contributed by atoms with van der Waals surface area (Å²) in [5.41, 5.74) is 1.97. The Labute approximate surface area is 146 Å². The smallest absolute Gasteiger partial charge is 0.246 e. The lowest BCUT2D eigenvalue weighted by molar-refractivity contribution is -0.123. The van der Waals surface area contributed by atoms with Crippen LogP contribution in [0.15, 0.2) is 66.7 Å². The number of carbonyl (C=O) groups is 1. The van der Waals surface area contributed by atoms with E-state index in [9.17, 15) is 4.79 Å². The summed E-state index contributed by atoms with van der Waals surface area (Å²) in [6, 6.07) is 21.6. The van der Waals surface area contributed by atoms with Gasteiger partial charge in [-0.25, -0.2) is 0 Å². The quantitative estimate of drug-likeness (QED) is 0.765. The molecule has 0 spiro atoms. The van der Waals surface area contributed by atoms with Gasteiger partial charge in [-0.05, 0) is 35.4 Å². The lowest BCUT2D eigenvalue weighted by atomic mass is 9.99. The number of amides is 1. The van der Waals surface area contributed by atoms with Crippen molar-refractivity contribution in [2.45, 2.75) is 19.0 Å². The molecular formula is C21H20N2O2. The third-order valence-electron chi connectivity index (χ3n) is 4.59. The van der Waals surface area contributed by atoms with Crippen LogP contribution in [0.25, 0.3) is 10.8 Å². The van der Waals surface area contributed by atoms with E-state index in [4.69, 9.17) is 4.74 Å². The van der Waals surface area contributed by atoms with Crippen molar-refractivity contribution in [1.29, 1.82) is 0 Å². The first-order valence-corrected chi connectivity index (χ1v) is 8.49. The Bertz CT molecular complexity index is 917. The van der Waals surface area contributed by atoms with Crippen LogP contribution in [0.3, 0.4) is 0 Å². The fourth-order valence-electron chi connectivity index (χ4n) is 3.28. The monoisotopic (exact) mass is 332 g/mol. The average molecular weight is 332 g/mol. The highest BCUT2D eigenvalue weighted by Crippen LogP contribution is 2.28. The van der Waals surface area contributed by atoms with E-state index < -0.39 is 6.04 Å². The molecule has 0 radical (unpaired) electrons. The van der Waals surface area contributed by atoms with Gasteiger partial charge in [-0.3, -0.25) is 4.79 Å². The van der Waals surface area contributed by atoms with Gasteiger partial charge in [0.15, 0.2) is 0 Å². The Morgan fingerprint density at radius 1 is 1.08 bits per heavy atom. The van der Waals surface area contributed by atoms with Crippen LogP contribution in [0.5, 0.6) is 5.75 Å². The van der Waals surface area contributed by atoms with Crippen molar-refractivity contribution in [2.75, 3.05) is 11.9 Å². The zero-order valence-corrected chi connectivity index (χ0v) is 14.0. The zero-order chi connectivity index (χ0) is 17.2. The van der Waals surface area contributed by atoms with Crippen molar-refractivity contribution in [3.63, 3.8) is 0 Å². The average Bonchev–Trinajstić information content (AvgIpc) is 2.67. The van der Waals surface area contributed by atoms with Crippen LogP contribution in [0, 0.1) is 0 Å². The Hall–Kier alpha value is -3.01. The van der Waals surface area contributed by atoms with E-state index in [0.29, 0.717) is 6.61 Å². The Balaban J connectivity index is 1.51. The molecule has 4 nitrogen and oxygen atoms in total. The molecule has 0 bridgehead atoms. The molecule has 3 aromatic rings. The summed E-state index contributed by atoms with van der Waals surface area (Å²) in [6.07, 6.45) is 0. The van der Waals surface area contributed by atoms with Gasteiger partial charge in [0, 0.05) is 0 Å². The Morgan fingerprint density at radius 2 is 1.84 bits per heavy atom. The van der Waals surface area contributed by atoms with E-state index in [0.717, 1.165) is 22.4 Å². The van der Waals surface area contributed by atoms with E-state index in [1.807, 2.05) is 49.4 Å². The molecule has 1 amide bonds. The lowest BCUT2D eigenvalue weighted by Gasteiger charge is -2.28. The first-order valence-electron chi connectivity index (χ1n) is 8.49. The number of rotatable bonds is 3. The molecule has 1 heterocycles. The molecule has 2 N–H and O–H groups in total. The lowest BCUT2D eigenvalue weighted by Crippen LogP contribution is -2.46. The molecule has 0 saturated carbocycles. The van der Waals surface area contributed by atoms with E-state index in [1.54, 1.807) is 0 Å². The van der Waals surface area contributed by atoms with Gasteiger partial charge in [0.05, 0.1) is 11.7 Å². The Kier molecular flexibility index (Phi) is 4.02. The summed E-state index contributed by atoms with van der Waals surface area (Å²) in [6.45, 7) is 2.34. The van der Waals surface area contributed by atoms with Crippen molar-refractivity contribution in [2.24, 2.45) is 0 Å². The summed E-state index contributed by atoms with van der Waals surface area (Å²) >= 11 is 0. The third kappa shape index (κ3) is 3.03. The molecule has 1 unspecified atom stereocenters. The maximum absolute atomic E-state index is 12.7. The van der Waals surface area contributed by atoms with Crippen LogP contribution in [-0.2, 0) is 4.79 Å². The third-order valence-corrected chi connectivity index (χ3v) is 4.59. The summed E-state index contributed by atoms with van der Waals surface area (Å²) < 4.78 is 5.69. The SMILES string of the molecule is C[C@@H](NC(=O)C1COc2ccccc2N1)c1cccc2ccccc12. The number of anilines is 1. The summed E-state index contributed by atoms with van der Waals surface area (Å²) in [4.78, 5) is 12.7. The Morgan fingerprint density at radius 3 is 2.76 bits per heavy atom. The van der Waals surface area contributed by atoms with Crippen LogP contribution in [0.1, 0.15) is 18.5 Å². The molecule has 126 valence electrons. The predicted molar refractivity (Wildman–Crippen MR) is 99.9 cm³/mol. The van der Waals surface area contributed by atoms with Crippen LogP contribution >= 0.6 is 0 Å². The van der Waals surface area contributed by atoms with Gasteiger partial charge in [-0.15, -0.1) is 0 Å². The molecule has 4 rings (SSSR count). The second-order valence-corrected chi connectivity index (χ2v) is 6.30. The second kappa shape index (κ2) is 6.48. The molecule has 1 aliphatic rings. The van der Waals surface area contributed by atoms with Gasteiger partial charge in [0.2, 0.25) is 5.91 Å². The normalized spacial score (nSPS) is 17.1. The molecule has 0 aliphatic carbocycles. The summed E-state index contributed by atoms with van der Waals surface area (Å²) in [5.74, 6) is 0.726. The number of fused-ring (bicyclic) bond motifs is 2. The van der Waals surface area contributed by atoms with Crippen LogP contribution in [-0.4, -0.2) is 18.6 Å². The molecule has 1 aliphatic heterocycles. The van der Waals surface area contributed by atoms with Gasteiger partial charge in [-0.2, -0.15) is 0 Å². The molecule has 4 heteroatoms. The fourth-order valence-corrected chi connectivity index (χ4v) is 3.28. The number of para-hydroxylation sites is 2. The maximum atomic E-state index is 12.7. The molecule has 2 atom stereocenters. The molecule has 0 fully saturated rings. The summed E-state index contributed by atoms with van der Waals surface area (Å²) in [5, 5.41) is 8.70. The van der Waals surface area contributed by atoms with E-state index >= 15 is 0 Å². The molecule has 0 aromatic heterocycles. The highest BCUT2D eigenvalue weighted by atomic mass is 16.5. The number of hydrogen-bond donors (Lipinski definition) is 2. The minimum absolute atomic E-state index is 0.0602. The maximum Gasteiger partial charge on any atom is 0.246 e. The van der Waals surface area contributed by atoms with Crippen molar-refractivity contribution < 1.29 is 9.53 Å². The molecular weight excluding hydrogens is 312 g/mol. The standard InChI is InChI=1S/C21H20N2O2/c1-14(16-10-6-8-15-7-2-3-9-17(15)16)22-21(24)19-13-25-20-12-5-4-11-18(20)23-19/h2-12,14,19,23H,13H2,1H3,(H,22,24)/t14-,19?/m1/s1. The highest BCUT2D eigenvalue weighted by molar-refractivity contribution is 5.89. The first-order chi connectivity index (χ1) is 12.2. The molecule has 0 saturated heterocycles. The molecule has 3 aromatic carbocycles. The van der Waals surface area contributed by atoms with Crippen molar-refractivity contribution in [3.05, 3.63) is 72.3 Å². The fraction of sp³-hybridized carbons (Fsp3) is 0.190. The number of benzene rings is 3. The minimum atomic E-state index is -0.396. The number of carbonyl (C=O) groups excluding carboxylic acids is 1. The predicted octanol–water partition coefficient (Wildman–Crippen LogP) is 3.89. The highest BCUT2D eigenvalue weighted by Gasteiger charge is 2.26. The van der Waals surface area contributed by atoms with Gasteiger partial charge < -0.3 is 15.4 Å². The summed E-state index contributed by atoms with van der Waals surface area (Å²) in [7, 11) is 0. The van der Waals surface area contributed by atoms with Crippen molar-refractivity contribution in [1.82, 2.24) is 5.32 Å². The number of hydrogen-bond acceptors (Lipinski definition) is 3. The van der Waals surface area contributed by atoms with Crippen LogP contribution in [0.4, 0.5) is 5.69 Å². The van der Waals surface area contributed by atoms with Gasteiger partial charge in [0.25, 0.3) is 0 Å². The van der Waals surface area contributed by atoms with Crippen molar-refractivity contribution in [3.8, 4) is 5.75 Å². The molecule has 25 heavy (non-hydrogen) atoms. The van der Waals surface area contributed by atoms with Gasteiger partial charge in [0.1, 0.15) is 18.4 Å². The zero-order valence-electron chi connectivity index (χ0n) is 14.0. The van der Waals surface area contributed by atoms with Crippen molar-refractivity contribution >= 4 is 22.4 Å². The topological polar surface area (TPSA) is 50.4 Å². The largest absolute Gasteiger partial charge is 0.489 e. The van der Waals surface area contributed by atoms with Crippen LogP contribution < -0.4 is 15.4 Å². The van der Waals surface area contributed by atoms with Gasteiger partial charge >= 0.3 is 0 Å². The van der Waals surface area contributed by atoms with Gasteiger partial charge in [-0.1, -0.05) is 54.6 Å². The van der Waals surface area contributed by atoms with Crippen LogP contribution in [0.2, 0.25) is 0 Å². The number of nitrogens with one attached hydrogen (secondary N) is 2. The van der Waals surface area contributed by atoms with E-state index in [2.05, 4.69) is 34.9 Å². The minimum Gasteiger partial charge on any atom is -0.489 e. The van der Waals surface area contributed by atoms with E-state index in [1.165, 1.54) is 5.39 Å². The van der Waals surface area contributed by atoms with E-state index in [-0.39, 0.29) is 11.9 Å². The second-order valence-electron chi connectivity index (χ2n) is 6.30. The number of ether oxygens (including phenoxy) is 1.